The Balaban J connectivity index is 1.76. The topological polar surface area (TPSA) is 210 Å². The van der Waals surface area contributed by atoms with Crippen LogP contribution < -0.4 is 20.9 Å². The largest absolute Gasteiger partial charge is 0.360 e. The lowest BCUT2D eigenvalue weighted by atomic mass is 10.00. The lowest BCUT2D eigenvalue weighted by Gasteiger charge is -2.20. The van der Waals surface area contributed by atoms with Gasteiger partial charge in [-0.15, -0.1) is 5.11 Å². The molecular weight excluding hydrogens is 482 g/mol. The van der Waals surface area contributed by atoms with Gasteiger partial charge in [0.05, 0.1) is 22.6 Å². The van der Waals surface area contributed by atoms with Crippen molar-refractivity contribution in [3.63, 3.8) is 0 Å². The monoisotopic (exact) mass is 503 g/mol. The maximum absolute atomic E-state index is 13.3. The first-order chi connectivity index (χ1) is 16.1. The van der Waals surface area contributed by atoms with E-state index in [2.05, 4.69) is 35.2 Å². The smallest absolute Gasteiger partial charge is 0.242 e. The summed E-state index contributed by atoms with van der Waals surface area (Å²) in [5, 5.41) is 16.3. The van der Waals surface area contributed by atoms with E-state index in [1.165, 1.54) is 12.1 Å². The van der Waals surface area contributed by atoms with Crippen molar-refractivity contribution >= 4 is 36.9 Å². The minimum absolute atomic E-state index is 0.0232. The van der Waals surface area contributed by atoms with Crippen LogP contribution in [0.25, 0.3) is 22.2 Å². The van der Waals surface area contributed by atoms with Gasteiger partial charge in [0.1, 0.15) is 9.79 Å². The van der Waals surface area contributed by atoms with Gasteiger partial charge in [-0.25, -0.2) is 31.7 Å². The fraction of sp³-hybridized carbons (Fsp3) is 0.263. The van der Waals surface area contributed by atoms with E-state index in [1.54, 1.807) is 24.5 Å². The van der Waals surface area contributed by atoms with Gasteiger partial charge < -0.3 is 16.0 Å². The van der Waals surface area contributed by atoms with Crippen molar-refractivity contribution in [3.8, 4) is 11.1 Å². The summed E-state index contributed by atoms with van der Waals surface area (Å²) in [6.07, 6.45) is 3.27. The summed E-state index contributed by atoms with van der Waals surface area (Å²) in [6, 6.07) is 5.13. The lowest BCUT2D eigenvalue weighted by Crippen LogP contribution is -2.47. The summed E-state index contributed by atoms with van der Waals surface area (Å²) < 4.78 is 54.8. The number of amidine groups is 1. The van der Waals surface area contributed by atoms with Crippen molar-refractivity contribution < 1.29 is 16.8 Å². The summed E-state index contributed by atoms with van der Waals surface area (Å²) >= 11 is 0. The minimum Gasteiger partial charge on any atom is -0.360 e. The molecule has 0 aliphatic carbocycles. The Labute approximate surface area is 194 Å². The zero-order valence-electron chi connectivity index (χ0n) is 17.6. The SMILES string of the molecule is N[C@H]1CNC[C@H]1NS(=O)(=O)c1ccc(-c2cnc3cc[nH]c3c2)c(C2=NCN=N2)c1S(N)(=O)=O. The molecule has 7 N–H and O–H groups in total. The van der Waals surface area contributed by atoms with Crippen molar-refractivity contribution in [2.24, 2.45) is 26.1 Å². The van der Waals surface area contributed by atoms with Gasteiger partial charge in [0.25, 0.3) is 0 Å². The first kappa shape index (κ1) is 22.7. The molecule has 0 saturated carbocycles. The van der Waals surface area contributed by atoms with Crippen molar-refractivity contribution in [2.45, 2.75) is 21.9 Å². The Morgan fingerprint density at radius 1 is 1.12 bits per heavy atom. The number of pyridine rings is 1. The molecule has 5 rings (SSSR count). The molecule has 0 unspecified atom stereocenters. The molecule has 1 aromatic carbocycles. The highest BCUT2D eigenvalue weighted by molar-refractivity contribution is 7.92. The highest BCUT2D eigenvalue weighted by atomic mass is 32.2. The van der Waals surface area contributed by atoms with Crippen molar-refractivity contribution in [3.05, 3.63) is 42.2 Å². The third kappa shape index (κ3) is 4.02. The Kier molecular flexibility index (Phi) is 5.54. The first-order valence-electron chi connectivity index (χ1n) is 10.2. The molecule has 0 radical (unpaired) electrons. The van der Waals surface area contributed by atoms with Gasteiger partial charge in [-0.1, -0.05) is 6.07 Å². The second kappa shape index (κ2) is 8.30. The van der Waals surface area contributed by atoms with E-state index in [4.69, 9.17) is 10.9 Å². The molecular formula is C19H21N9O4S2. The summed E-state index contributed by atoms with van der Waals surface area (Å²) in [5.74, 6) is -0.0399. The highest BCUT2D eigenvalue weighted by Crippen LogP contribution is 2.35. The Morgan fingerprint density at radius 2 is 1.94 bits per heavy atom. The molecule has 1 saturated heterocycles. The molecule has 0 bridgehead atoms. The summed E-state index contributed by atoms with van der Waals surface area (Å²) in [4.78, 5) is 10.4. The number of benzene rings is 1. The predicted octanol–water partition coefficient (Wildman–Crippen LogP) is -0.375. The van der Waals surface area contributed by atoms with Crippen LogP contribution in [0.5, 0.6) is 0 Å². The van der Waals surface area contributed by atoms with Gasteiger partial charge in [0.15, 0.2) is 12.5 Å². The van der Waals surface area contributed by atoms with Crippen LogP contribution in [0.3, 0.4) is 0 Å². The molecule has 34 heavy (non-hydrogen) atoms. The number of primary sulfonamides is 1. The second-order valence-electron chi connectivity index (χ2n) is 7.91. The van der Waals surface area contributed by atoms with E-state index in [-0.39, 0.29) is 18.1 Å². The quantitative estimate of drug-likeness (QED) is 0.301. The van der Waals surface area contributed by atoms with Crippen LogP contribution in [-0.2, 0) is 20.0 Å². The molecule has 178 valence electrons. The lowest BCUT2D eigenvalue weighted by molar-refractivity contribution is 0.536. The number of fused-ring (bicyclic) bond motifs is 1. The molecule has 13 nitrogen and oxygen atoms in total. The molecule has 2 aliphatic rings. The molecule has 0 spiro atoms. The second-order valence-corrected chi connectivity index (χ2v) is 11.1. The number of sulfonamides is 2. The maximum atomic E-state index is 13.3. The van der Waals surface area contributed by atoms with E-state index >= 15 is 0 Å². The number of nitrogens with one attached hydrogen (secondary N) is 3. The molecule has 3 aromatic rings. The normalized spacial score (nSPS) is 20.8. The van der Waals surface area contributed by atoms with Gasteiger partial charge in [-0.3, -0.25) is 4.98 Å². The van der Waals surface area contributed by atoms with E-state index in [0.29, 0.717) is 35.2 Å². The van der Waals surface area contributed by atoms with Crippen LogP contribution in [0.4, 0.5) is 0 Å². The molecule has 2 atom stereocenters. The van der Waals surface area contributed by atoms with Crippen LogP contribution in [-0.4, -0.2) is 64.5 Å². The van der Waals surface area contributed by atoms with E-state index in [9.17, 15) is 16.8 Å². The van der Waals surface area contributed by atoms with Gasteiger partial charge in [0, 0.05) is 37.1 Å². The molecule has 15 heteroatoms. The first-order valence-corrected chi connectivity index (χ1v) is 13.2. The average molecular weight is 504 g/mol. The van der Waals surface area contributed by atoms with Crippen molar-refractivity contribution in [2.75, 3.05) is 19.8 Å². The van der Waals surface area contributed by atoms with Gasteiger partial charge in [0.2, 0.25) is 20.0 Å². The molecule has 2 aliphatic heterocycles. The third-order valence-electron chi connectivity index (χ3n) is 5.65. The Hall–Kier alpha value is -3.08. The number of nitrogens with two attached hydrogens (primary N) is 2. The summed E-state index contributed by atoms with van der Waals surface area (Å²) in [7, 11) is -8.92. The van der Waals surface area contributed by atoms with Crippen LogP contribution in [0, 0.1) is 0 Å². The van der Waals surface area contributed by atoms with E-state index in [0.717, 1.165) is 0 Å². The molecule has 0 amide bonds. The zero-order valence-corrected chi connectivity index (χ0v) is 19.3. The fourth-order valence-corrected chi connectivity index (χ4v) is 6.94. The van der Waals surface area contributed by atoms with Crippen LogP contribution >= 0.6 is 0 Å². The number of aliphatic imine (C=N–C) groups is 1. The van der Waals surface area contributed by atoms with Crippen molar-refractivity contribution in [1.29, 1.82) is 0 Å². The number of azo groups is 1. The fourth-order valence-electron chi connectivity index (χ4n) is 4.05. The highest BCUT2D eigenvalue weighted by Gasteiger charge is 2.35. The summed E-state index contributed by atoms with van der Waals surface area (Å²) in [5.41, 5.74) is 8.17. The minimum atomic E-state index is -4.57. The number of nitrogens with zero attached hydrogens (tertiary/aromatic N) is 4. The molecule has 1 fully saturated rings. The number of H-pyrrole nitrogens is 1. The standard InChI is InChI=1S/C19H21N9O4S2/c20-12-7-22-8-15(12)28-34(31,32)16-2-1-11(10-5-14-13(24-6-10)3-4-23-14)17(18(16)33(21,29)30)19-25-9-26-27-19/h1-6,12,15,22-23,28H,7-9,20H2,(H2,21,29,30)/t12-,15+/m0/s1. The van der Waals surface area contributed by atoms with Crippen molar-refractivity contribution in [1.82, 2.24) is 20.0 Å². The van der Waals surface area contributed by atoms with Crippen LogP contribution in [0.2, 0.25) is 0 Å². The Morgan fingerprint density at radius 3 is 2.62 bits per heavy atom. The predicted molar refractivity (Wildman–Crippen MR) is 124 cm³/mol. The maximum Gasteiger partial charge on any atom is 0.242 e. The van der Waals surface area contributed by atoms with E-state index in [1.807, 2.05) is 0 Å². The number of aromatic amines is 1. The zero-order chi connectivity index (χ0) is 24.1. The average Bonchev–Trinajstić information content (AvgIpc) is 3.54. The molecule has 2 aromatic heterocycles. The van der Waals surface area contributed by atoms with Gasteiger partial charge in [-0.2, -0.15) is 5.11 Å². The number of hydrogen-bond acceptors (Lipinski definition) is 10. The van der Waals surface area contributed by atoms with Crippen LogP contribution in [0.15, 0.2) is 61.7 Å². The summed E-state index contributed by atoms with van der Waals surface area (Å²) in [6.45, 7) is 0.703. The Bertz CT molecular complexity index is 1560. The third-order valence-corrected chi connectivity index (χ3v) is 8.30. The van der Waals surface area contributed by atoms with Gasteiger partial charge >= 0.3 is 0 Å². The number of aromatic nitrogens is 2. The number of hydrogen-bond donors (Lipinski definition) is 5. The van der Waals surface area contributed by atoms with E-state index < -0.39 is 41.9 Å². The molecule has 4 heterocycles. The van der Waals surface area contributed by atoms with Gasteiger partial charge in [-0.05, 0) is 23.8 Å². The number of rotatable bonds is 6. The van der Waals surface area contributed by atoms with Crippen LogP contribution in [0.1, 0.15) is 5.56 Å².